The number of rotatable bonds is 9. The van der Waals surface area contributed by atoms with Gasteiger partial charge in [0.1, 0.15) is 17.6 Å². The molecule has 4 atom stereocenters. The number of hydrogen-bond donors (Lipinski definition) is 2. The smallest absolute Gasteiger partial charge is 0.320 e. The maximum absolute atomic E-state index is 15.4. The fourth-order valence-electron chi connectivity index (χ4n) is 5.99. The van der Waals surface area contributed by atoms with Crippen LogP contribution in [0.1, 0.15) is 53.0 Å². The summed E-state index contributed by atoms with van der Waals surface area (Å²) >= 11 is 0. The minimum Gasteiger partial charge on any atom is -0.451 e. The SMILES string of the molecule is CC(NC(=O)c1cn(C2(C(F)F)CC2)c(=O)cc1N[C@@H]1[C@@H]2CN(C)C[C@@H]21)c1cccc(C(F)(F)c2cocn2)c1F. The van der Waals surface area contributed by atoms with Gasteiger partial charge >= 0.3 is 5.92 Å². The number of alkyl halides is 4. The number of carbonyl (C=O) groups excluding carboxylic acids is 1. The van der Waals surface area contributed by atoms with Gasteiger partial charge in [0.2, 0.25) is 0 Å². The van der Waals surface area contributed by atoms with E-state index in [4.69, 9.17) is 0 Å². The zero-order valence-corrected chi connectivity index (χ0v) is 22.2. The van der Waals surface area contributed by atoms with Crippen LogP contribution in [0.15, 0.2) is 52.3 Å². The number of likely N-dealkylation sites (tertiary alicyclic amines) is 1. The first kappa shape index (κ1) is 27.4. The largest absolute Gasteiger partial charge is 0.451 e. The number of hydrogen-bond acceptors (Lipinski definition) is 6. The van der Waals surface area contributed by atoms with Gasteiger partial charge in [-0.25, -0.2) is 18.2 Å². The fourth-order valence-corrected chi connectivity index (χ4v) is 5.99. The number of nitrogens with one attached hydrogen (secondary N) is 2. The monoisotopic (exact) mass is 577 g/mol. The van der Waals surface area contributed by atoms with Crippen LogP contribution in [0.5, 0.6) is 0 Å². The lowest BCUT2D eigenvalue weighted by Gasteiger charge is -2.23. The second-order valence-electron chi connectivity index (χ2n) is 11.3. The van der Waals surface area contributed by atoms with Crippen LogP contribution >= 0.6 is 0 Å². The molecule has 1 aromatic carbocycles. The highest BCUT2D eigenvalue weighted by atomic mass is 19.3. The molecule has 13 heteroatoms. The Morgan fingerprint density at radius 2 is 1.93 bits per heavy atom. The molecule has 2 saturated carbocycles. The van der Waals surface area contributed by atoms with Crippen molar-refractivity contribution in [3.05, 3.63) is 81.7 Å². The van der Waals surface area contributed by atoms with Crippen molar-refractivity contribution in [3.63, 3.8) is 0 Å². The maximum Gasteiger partial charge on any atom is 0.320 e. The van der Waals surface area contributed by atoms with Crippen LogP contribution in [0.2, 0.25) is 0 Å². The van der Waals surface area contributed by atoms with Gasteiger partial charge < -0.3 is 24.5 Å². The van der Waals surface area contributed by atoms with E-state index in [0.29, 0.717) is 11.8 Å². The predicted octanol–water partition coefficient (Wildman–Crippen LogP) is 4.33. The van der Waals surface area contributed by atoms with Crippen molar-refractivity contribution < 1.29 is 31.2 Å². The fraction of sp³-hybridized carbons (Fsp3) is 0.464. The Morgan fingerprint density at radius 1 is 1.22 bits per heavy atom. The molecule has 41 heavy (non-hydrogen) atoms. The summed E-state index contributed by atoms with van der Waals surface area (Å²) in [5.41, 5.74) is -4.14. The van der Waals surface area contributed by atoms with Crippen LogP contribution in [0, 0.1) is 17.7 Å². The first-order valence-corrected chi connectivity index (χ1v) is 13.3. The number of nitrogens with zero attached hydrogens (tertiary/aromatic N) is 3. The third kappa shape index (κ3) is 4.59. The maximum atomic E-state index is 15.4. The van der Waals surface area contributed by atoms with Gasteiger partial charge in [0.05, 0.1) is 22.9 Å². The number of benzene rings is 1. The van der Waals surface area contributed by atoms with Crippen molar-refractivity contribution in [1.82, 2.24) is 19.8 Å². The number of halogens is 5. The number of anilines is 1. The minimum atomic E-state index is -3.80. The second-order valence-corrected chi connectivity index (χ2v) is 11.3. The summed E-state index contributed by atoms with van der Waals surface area (Å²) in [5, 5.41) is 5.85. The Morgan fingerprint density at radius 3 is 2.54 bits per heavy atom. The van der Waals surface area contributed by atoms with Gasteiger partial charge in [-0.05, 0) is 44.7 Å². The molecule has 1 aliphatic heterocycles. The van der Waals surface area contributed by atoms with Gasteiger partial charge in [0, 0.05) is 37.0 Å². The minimum absolute atomic E-state index is 0.0169. The molecule has 8 nitrogen and oxygen atoms in total. The van der Waals surface area contributed by atoms with E-state index in [0.717, 1.165) is 48.6 Å². The quantitative estimate of drug-likeness (QED) is 0.368. The highest BCUT2D eigenvalue weighted by molar-refractivity contribution is 5.99. The number of aromatic nitrogens is 2. The summed E-state index contributed by atoms with van der Waals surface area (Å²) in [6.45, 7) is 3.11. The Hall–Kier alpha value is -3.74. The topological polar surface area (TPSA) is 92.4 Å². The van der Waals surface area contributed by atoms with Crippen LogP contribution < -0.4 is 16.2 Å². The van der Waals surface area contributed by atoms with Gasteiger partial charge in [0.15, 0.2) is 12.1 Å². The molecule has 3 aliphatic rings. The van der Waals surface area contributed by atoms with Crippen molar-refractivity contribution >= 4 is 11.6 Å². The molecule has 2 N–H and O–H groups in total. The summed E-state index contributed by atoms with van der Waals surface area (Å²) in [6, 6.07) is 3.49. The summed E-state index contributed by atoms with van der Waals surface area (Å²) in [4.78, 5) is 32.1. The lowest BCUT2D eigenvalue weighted by Crippen LogP contribution is -2.37. The van der Waals surface area contributed by atoms with Gasteiger partial charge in [-0.15, -0.1) is 0 Å². The number of pyridine rings is 1. The molecule has 0 spiro atoms. The van der Waals surface area contributed by atoms with Gasteiger partial charge in [-0.1, -0.05) is 12.1 Å². The Kier molecular flexibility index (Phi) is 6.47. The molecule has 0 radical (unpaired) electrons. The van der Waals surface area contributed by atoms with Crippen molar-refractivity contribution in [2.45, 2.75) is 49.7 Å². The van der Waals surface area contributed by atoms with E-state index in [1.165, 1.54) is 19.1 Å². The Balaban J connectivity index is 1.30. The molecule has 2 aliphatic carbocycles. The zero-order chi connectivity index (χ0) is 29.3. The summed E-state index contributed by atoms with van der Waals surface area (Å²) in [5.74, 6) is -5.14. The summed E-state index contributed by atoms with van der Waals surface area (Å²) in [6.07, 6.45) is 0.0271. The first-order valence-electron chi connectivity index (χ1n) is 13.3. The van der Waals surface area contributed by atoms with Crippen LogP contribution in [0.4, 0.5) is 27.6 Å². The lowest BCUT2D eigenvalue weighted by atomic mass is 9.98. The van der Waals surface area contributed by atoms with Gasteiger partial charge in [-0.2, -0.15) is 8.78 Å². The van der Waals surface area contributed by atoms with E-state index >= 15 is 4.39 Å². The number of piperidine rings is 1. The highest BCUT2D eigenvalue weighted by Gasteiger charge is 2.56. The average molecular weight is 578 g/mol. The van der Waals surface area contributed by atoms with Gasteiger partial charge in [-0.3, -0.25) is 9.59 Å². The van der Waals surface area contributed by atoms with E-state index < -0.39 is 52.5 Å². The van der Waals surface area contributed by atoms with E-state index in [1.54, 1.807) is 0 Å². The average Bonchev–Trinajstić information content (AvgIpc) is 3.67. The van der Waals surface area contributed by atoms with E-state index in [9.17, 15) is 27.2 Å². The number of oxazole rings is 1. The zero-order valence-electron chi connectivity index (χ0n) is 22.2. The third-order valence-corrected chi connectivity index (χ3v) is 8.58. The Bertz CT molecular complexity index is 1530. The second kappa shape index (κ2) is 9.68. The molecule has 1 unspecified atom stereocenters. The first-order chi connectivity index (χ1) is 19.4. The van der Waals surface area contributed by atoms with E-state index in [2.05, 4.69) is 24.9 Å². The number of fused-ring (bicyclic) bond motifs is 1. The molecule has 3 fully saturated rings. The molecule has 3 heterocycles. The van der Waals surface area contributed by atoms with Crippen LogP contribution in [0.25, 0.3) is 0 Å². The van der Waals surface area contributed by atoms with Gasteiger partial charge in [0.25, 0.3) is 17.9 Å². The molecule has 2 aromatic heterocycles. The van der Waals surface area contributed by atoms with E-state index in [-0.39, 0.29) is 35.7 Å². The van der Waals surface area contributed by atoms with Crippen LogP contribution in [0.3, 0.4) is 0 Å². The molecule has 3 aromatic rings. The molecule has 6 rings (SSSR count). The summed E-state index contributed by atoms with van der Waals surface area (Å²) < 4.78 is 78.7. The standard InChI is InChI=1S/C28H28F5N5O3/c1-14(15-4-3-5-19(23(15)29)28(32,33)21-12-41-13-34-21)35-25(40)18-11-38(27(6-7-27)26(30)31)22(39)8-20(18)36-24-16-9-37(2)10-17(16)24/h3-5,8,11-14,16-17,24,26,36H,6-7,9-10H2,1-2H3,(H,35,40)/t14?,16-,17+,24-. The number of amides is 1. The van der Waals surface area contributed by atoms with Crippen LogP contribution in [-0.4, -0.2) is 53.0 Å². The molecule has 1 amide bonds. The summed E-state index contributed by atoms with van der Waals surface area (Å²) in [7, 11) is 2.00. The van der Waals surface area contributed by atoms with E-state index in [1.807, 2.05) is 7.05 Å². The van der Waals surface area contributed by atoms with Crippen LogP contribution in [-0.2, 0) is 11.5 Å². The van der Waals surface area contributed by atoms with Crippen molar-refractivity contribution in [2.24, 2.45) is 11.8 Å². The molecular weight excluding hydrogens is 549 g/mol. The normalized spacial score (nSPS) is 23.8. The van der Waals surface area contributed by atoms with Crippen molar-refractivity contribution in [1.29, 1.82) is 0 Å². The Labute approximate surface area is 231 Å². The molecule has 0 bridgehead atoms. The number of carbonyl (C=O) groups is 1. The van der Waals surface area contributed by atoms with Crippen molar-refractivity contribution in [3.8, 4) is 0 Å². The predicted molar refractivity (Wildman–Crippen MR) is 138 cm³/mol. The third-order valence-electron chi connectivity index (χ3n) is 8.58. The molecule has 218 valence electrons. The lowest BCUT2D eigenvalue weighted by molar-refractivity contribution is 0.0338. The highest BCUT2D eigenvalue weighted by Crippen LogP contribution is 2.49. The molecular formula is C28H28F5N5O3. The van der Waals surface area contributed by atoms with Crippen molar-refractivity contribution in [2.75, 3.05) is 25.5 Å². The molecule has 1 saturated heterocycles.